The van der Waals surface area contributed by atoms with Gasteiger partial charge in [0.25, 0.3) is 0 Å². The van der Waals surface area contributed by atoms with Gasteiger partial charge in [0.15, 0.2) is 0 Å². The minimum atomic E-state index is 0.266. The summed E-state index contributed by atoms with van der Waals surface area (Å²) in [6.07, 6.45) is 3.83. The molecule has 1 unspecified atom stereocenters. The first-order valence-electron chi connectivity index (χ1n) is 7.10. The summed E-state index contributed by atoms with van der Waals surface area (Å²) in [4.78, 5) is 0. The van der Waals surface area contributed by atoms with Gasteiger partial charge in [0, 0.05) is 32.1 Å². The van der Waals surface area contributed by atoms with Crippen molar-refractivity contribution in [2.75, 3.05) is 13.2 Å². The summed E-state index contributed by atoms with van der Waals surface area (Å²) in [6.45, 7) is 3.85. The van der Waals surface area contributed by atoms with E-state index in [2.05, 4.69) is 40.8 Å². The van der Waals surface area contributed by atoms with Gasteiger partial charge in [0.2, 0.25) is 0 Å². The molecule has 1 atom stereocenters. The Balaban J connectivity index is 1.82. The van der Waals surface area contributed by atoms with Crippen molar-refractivity contribution in [3.05, 3.63) is 41.2 Å². The first-order valence-corrected chi connectivity index (χ1v) is 7.10. The normalized spacial score (nSPS) is 14.9. The number of aromatic nitrogens is 3. The molecule has 3 rings (SSSR count). The van der Waals surface area contributed by atoms with E-state index in [9.17, 15) is 0 Å². The van der Waals surface area contributed by atoms with Gasteiger partial charge in [-0.3, -0.25) is 4.68 Å². The smallest absolute Gasteiger partial charge is 0.122 e. The van der Waals surface area contributed by atoms with E-state index in [1.807, 2.05) is 13.2 Å². The van der Waals surface area contributed by atoms with Crippen molar-refractivity contribution in [1.82, 2.24) is 20.3 Å². The van der Waals surface area contributed by atoms with Gasteiger partial charge in [-0.1, -0.05) is 24.3 Å². The van der Waals surface area contributed by atoms with Gasteiger partial charge in [0.1, 0.15) is 5.75 Å². The van der Waals surface area contributed by atoms with Crippen LogP contribution in [0.3, 0.4) is 0 Å². The average molecular weight is 272 g/mol. The van der Waals surface area contributed by atoms with E-state index in [0.717, 1.165) is 37.4 Å². The van der Waals surface area contributed by atoms with Crippen LogP contribution in [0.4, 0.5) is 0 Å². The lowest BCUT2D eigenvalue weighted by Crippen LogP contribution is -2.23. The molecule has 0 saturated carbocycles. The molecule has 5 nitrogen and oxygen atoms in total. The minimum absolute atomic E-state index is 0.266. The number of ether oxygens (including phenoxy) is 1. The van der Waals surface area contributed by atoms with Crippen LogP contribution >= 0.6 is 0 Å². The first-order chi connectivity index (χ1) is 9.76. The summed E-state index contributed by atoms with van der Waals surface area (Å²) in [5.41, 5.74) is 3.61. The van der Waals surface area contributed by atoms with Crippen LogP contribution in [0.15, 0.2) is 24.4 Å². The zero-order chi connectivity index (χ0) is 13.9. The Morgan fingerprint density at radius 2 is 2.35 bits per heavy atom. The van der Waals surface area contributed by atoms with E-state index >= 15 is 0 Å². The Bertz CT molecular complexity index is 593. The van der Waals surface area contributed by atoms with E-state index in [4.69, 9.17) is 4.74 Å². The second-order valence-corrected chi connectivity index (χ2v) is 5.16. The van der Waals surface area contributed by atoms with Crippen molar-refractivity contribution in [2.24, 2.45) is 7.05 Å². The van der Waals surface area contributed by atoms with E-state index in [0.29, 0.717) is 0 Å². The molecule has 0 saturated heterocycles. The number of nitrogens with one attached hydrogen (secondary N) is 1. The molecule has 5 heteroatoms. The lowest BCUT2D eigenvalue weighted by atomic mass is 9.99. The monoisotopic (exact) mass is 272 g/mol. The molecule has 20 heavy (non-hydrogen) atoms. The molecule has 0 amide bonds. The highest BCUT2D eigenvalue weighted by molar-refractivity contribution is 5.41. The Hall–Kier alpha value is -1.88. The van der Waals surface area contributed by atoms with E-state index < -0.39 is 0 Å². The van der Waals surface area contributed by atoms with Gasteiger partial charge >= 0.3 is 0 Å². The highest BCUT2D eigenvalue weighted by Gasteiger charge is 2.17. The summed E-state index contributed by atoms with van der Waals surface area (Å²) >= 11 is 0. The molecule has 0 fully saturated rings. The molecule has 1 aliphatic rings. The van der Waals surface area contributed by atoms with Crippen LogP contribution in [0.5, 0.6) is 5.75 Å². The summed E-state index contributed by atoms with van der Waals surface area (Å²) in [5.74, 6) is 1.03. The molecular formula is C15H20N4O. The van der Waals surface area contributed by atoms with Crippen molar-refractivity contribution in [3.8, 4) is 5.75 Å². The fourth-order valence-electron chi connectivity index (χ4n) is 2.68. The Morgan fingerprint density at radius 3 is 3.10 bits per heavy atom. The zero-order valence-electron chi connectivity index (χ0n) is 12.0. The zero-order valence-corrected chi connectivity index (χ0v) is 12.0. The Labute approximate surface area is 118 Å². The molecule has 1 N–H and O–H groups in total. The molecule has 2 heterocycles. The fraction of sp³-hybridized carbons (Fsp3) is 0.467. The van der Waals surface area contributed by atoms with Gasteiger partial charge in [-0.15, -0.1) is 5.10 Å². The molecule has 1 aromatic heterocycles. The number of hydrogen-bond donors (Lipinski definition) is 1. The molecule has 0 aliphatic carbocycles. The van der Waals surface area contributed by atoms with Crippen LogP contribution < -0.4 is 10.1 Å². The van der Waals surface area contributed by atoms with E-state index in [1.165, 1.54) is 11.1 Å². The van der Waals surface area contributed by atoms with Crippen LogP contribution in [0, 0.1) is 0 Å². The fourth-order valence-corrected chi connectivity index (χ4v) is 2.68. The van der Waals surface area contributed by atoms with Crippen LogP contribution in [0.2, 0.25) is 0 Å². The van der Waals surface area contributed by atoms with Gasteiger partial charge < -0.3 is 10.1 Å². The predicted octanol–water partition coefficient (Wildman–Crippen LogP) is 1.64. The number of aryl methyl sites for hydroxylation is 1. The molecule has 2 aromatic rings. The maximum Gasteiger partial charge on any atom is 0.122 e. The Morgan fingerprint density at radius 1 is 1.45 bits per heavy atom. The topological polar surface area (TPSA) is 52.0 Å². The number of hydrogen-bond acceptors (Lipinski definition) is 4. The second-order valence-electron chi connectivity index (χ2n) is 5.16. The summed E-state index contributed by atoms with van der Waals surface area (Å²) in [6, 6.07) is 6.75. The molecular weight excluding hydrogens is 252 g/mol. The average Bonchev–Trinajstić information content (AvgIpc) is 3.06. The van der Waals surface area contributed by atoms with Crippen LogP contribution in [-0.2, 0) is 19.9 Å². The van der Waals surface area contributed by atoms with Gasteiger partial charge in [-0.25, -0.2) is 0 Å². The second kappa shape index (κ2) is 5.63. The van der Waals surface area contributed by atoms with Crippen LogP contribution in [-0.4, -0.2) is 28.1 Å². The largest absolute Gasteiger partial charge is 0.493 e. The predicted molar refractivity (Wildman–Crippen MR) is 76.8 cm³/mol. The van der Waals surface area contributed by atoms with Crippen molar-refractivity contribution >= 4 is 0 Å². The third kappa shape index (κ3) is 2.67. The number of fused-ring (bicyclic) bond motifs is 1. The van der Waals surface area contributed by atoms with Crippen molar-refractivity contribution in [2.45, 2.75) is 25.8 Å². The summed E-state index contributed by atoms with van der Waals surface area (Å²) in [7, 11) is 1.89. The SMILES string of the molecule is CCNC(Cc1cn(C)nn1)c1ccc2c(c1)CCO2. The number of likely N-dealkylation sites (N-methyl/N-ethyl adjacent to an activating group) is 1. The van der Waals surface area contributed by atoms with Crippen molar-refractivity contribution in [3.63, 3.8) is 0 Å². The highest BCUT2D eigenvalue weighted by atomic mass is 16.5. The lowest BCUT2D eigenvalue weighted by Gasteiger charge is -2.18. The molecule has 0 radical (unpaired) electrons. The van der Waals surface area contributed by atoms with Crippen LogP contribution in [0.1, 0.15) is 29.8 Å². The maximum absolute atomic E-state index is 5.57. The Kier molecular flexibility index (Phi) is 3.69. The molecule has 1 aromatic carbocycles. The van der Waals surface area contributed by atoms with Gasteiger partial charge in [-0.2, -0.15) is 0 Å². The van der Waals surface area contributed by atoms with Gasteiger partial charge in [-0.05, 0) is 23.7 Å². The standard InChI is InChI=1S/C15H20N4O/c1-3-16-14(9-13-10-19(2)18-17-13)11-4-5-15-12(8-11)6-7-20-15/h4-5,8,10,14,16H,3,6-7,9H2,1-2H3. The minimum Gasteiger partial charge on any atom is -0.493 e. The molecule has 1 aliphatic heterocycles. The van der Waals surface area contributed by atoms with Gasteiger partial charge in [0.05, 0.1) is 12.3 Å². The molecule has 0 bridgehead atoms. The van der Waals surface area contributed by atoms with E-state index in [-0.39, 0.29) is 6.04 Å². The summed E-state index contributed by atoms with van der Waals surface area (Å²) < 4.78 is 7.31. The summed E-state index contributed by atoms with van der Waals surface area (Å²) in [5, 5.41) is 11.7. The van der Waals surface area contributed by atoms with Crippen molar-refractivity contribution < 1.29 is 4.74 Å². The molecule has 106 valence electrons. The van der Waals surface area contributed by atoms with E-state index in [1.54, 1.807) is 4.68 Å². The number of rotatable bonds is 5. The third-order valence-electron chi connectivity index (χ3n) is 3.63. The van der Waals surface area contributed by atoms with Crippen LogP contribution in [0.25, 0.3) is 0 Å². The van der Waals surface area contributed by atoms with Crippen molar-refractivity contribution in [1.29, 1.82) is 0 Å². The number of benzene rings is 1. The maximum atomic E-state index is 5.57. The lowest BCUT2D eigenvalue weighted by molar-refractivity contribution is 0.356. The quantitative estimate of drug-likeness (QED) is 0.899. The first kappa shape index (κ1) is 13.1. The highest BCUT2D eigenvalue weighted by Crippen LogP contribution is 2.29. The number of nitrogens with zero attached hydrogens (tertiary/aromatic N) is 3. The molecule has 0 spiro atoms. The third-order valence-corrected chi connectivity index (χ3v) is 3.63.